The quantitative estimate of drug-likeness (QED) is 0.871. The molecule has 19 heavy (non-hydrogen) atoms. The van der Waals surface area contributed by atoms with Crippen molar-refractivity contribution in [3.05, 3.63) is 24.5 Å². The Morgan fingerprint density at radius 1 is 1.16 bits per heavy atom. The summed E-state index contributed by atoms with van der Waals surface area (Å²) < 4.78 is 0. The minimum atomic E-state index is 0.679. The van der Waals surface area contributed by atoms with Gasteiger partial charge in [-0.1, -0.05) is 32.6 Å². The molecule has 0 amide bonds. The summed E-state index contributed by atoms with van der Waals surface area (Å²) in [7, 11) is 0. The van der Waals surface area contributed by atoms with Crippen molar-refractivity contribution in [3.8, 4) is 0 Å². The van der Waals surface area contributed by atoms with E-state index in [9.17, 15) is 0 Å². The van der Waals surface area contributed by atoms with Crippen LogP contribution >= 0.6 is 11.8 Å². The predicted molar refractivity (Wildman–Crippen MR) is 83.7 cm³/mol. The lowest BCUT2D eigenvalue weighted by Crippen LogP contribution is -2.39. The van der Waals surface area contributed by atoms with Gasteiger partial charge in [0.15, 0.2) is 0 Å². The van der Waals surface area contributed by atoms with Gasteiger partial charge in [-0.2, -0.15) is 0 Å². The second kappa shape index (κ2) is 8.60. The van der Waals surface area contributed by atoms with Crippen molar-refractivity contribution in [2.45, 2.75) is 68.1 Å². The number of pyridine rings is 1. The lowest BCUT2D eigenvalue weighted by atomic mass is 9.96. The second-order valence-electron chi connectivity index (χ2n) is 5.39. The summed E-state index contributed by atoms with van der Waals surface area (Å²) in [6, 6.07) is 4.96. The van der Waals surface area contributed by atoms with Crippen LogP contribution in [0.25, 0.3) is 0 Å². The van der Waals surface area contributed by atoms with E-state index in [0.29, 0.717) is 11.3 Å². The maximum absolute atomic E-state index is 4.11. The first-order chi connectivity index (χ1) is 9.40. The van der Waals surface area contributed by atoms with E-state index in [4.69, 9.17) is 0 Å². The van der Waals surface area contributed by atoms with E-state index < -0.39 is 0 Å². The maximum Gasteiger partial charge on any atom is 0.0278 e. The fourth-order valence-corrected chi connectivity index (χ4v) is 4.06. The molecular weight excluding hydrogens is 252 g/mol. The highest BCUT2D eigenvalue weighted by atomic mass is 32.2. The third-order valence-corrected chi connectivity index (χ3v) is 5.21. The third kappa shape index (κ3) is 5.15. The predicted octanol–water partition coefficient (Wildman–Crippen LogP) is 4.26. The molecule has 1 aromatic heterocycles. The molecular formula is C16H26N2S. The van der Waals surface area contributed by atoms with Crippen LogP contribution in [0, 0.1) is 0 Å². The van der Waals surface area contributed by atoms with Gasteiger partial charge in [-0.15, -0.1) is 11.8 Å². The fraction of sp³-hybridized carbons (Fsp3) is 0.688. The van der Waals surface area contributed by atoms with Gasteiger partial charge in [-0.05, 0) is 37.9 Å². The third-order valence-electron chi connectivity index (χ3n) is 3.80. The molecule has 1 aromatic rings. The molecule has 106 valence electrons. The zero-order chi connectivity index (χ0) is 13.3. The molecule has 2 nitrogen and oxygen atoms in total. The first-order valence-corrected chi connectivity index (χ1v) is 8.58. The van der Waals surface area contributed by atoms with Crippen molar-refractivity contribution in [1.29, 1.82) is 0 Å². The van der Waals surface area contributed by atoms with Crippen molar-refractivity contribution in [1.82, 2.24) is 10.3 Å². The van der Waals surface area contributed by atoms with Crippen LogP contribution in [0.15, 0.2) is 29.4 Å². The highest BCUT2D eigenvalue weighted by Gasteiger charge is 2.23. The van der Waals surface area contributed by atoms with Crippen LogP contribution in [-0.4, -0.2) is 22.8 Å². The van der Waals surface area contributed by atoms with Crippen molar-refractivity contribution in [2.75, 3.05) is 6.54 Å². The van der Waals surface area contributed by atoms with Gasteiger partial charge in [-0.3, -0.25) is 4.98 Å². The summed E-state index contributed by atoms with van der Waals surface area (Å²) >= 11 is 2.04. The summed E-state index contributed by atoms with van der Waals surface area (Å²) in [5.41, 5.74) is 0. The molecule has 1 aliphatic rings. The number of hydrogen-bond acceptors (Lipinski definition) is 3. The van der Waals surface area contributed by atoms with Crippen LogP contribution in [0.2, 0.25) is 0 Å². The lowest BCUT2D eigenvalue weighted by Gasteiger charge is -2.30. The van der Waals surface area contributed by atoms with E-state index in [0.717, 1.165) is 6.54 Å². The van der Waals surface area contributed by atoms with Gasteiger partial charge in [0.2, 0.25) is 0 Å². The Balaban J connectivity index is 1.98. The fourth-order valence-electron chi connectivity index (χ4n) is 2.75. The number of aromatic nitrogens is 1. The van der Waals surface area contributed by atoms with Gasteiger partial charge in [0.05, 0.1) is 0 Å². The second-order valence-corrected chi connectivity index (χ2v) is 6.70. The summed E-state index contributed by atoms with van der Waals surface area (Å²) in [6.45, 7) is 3.40. The van der Waals surface area contributed by atoms with Crippen LogP contribution < -0.4 is 5.32 Å². The standard InChI is InChI=1S/C16H26N2S/c1-2-11-18-15-7-5-3-4-6-8-16(15)19-14-9-12-17-13-10-14/h9-10,12-13,15-16,18H,2-8,11H2,1H3. The Hall–Kier alpha value is -0.540. The molecule has 1 N–H and O–H groups in total. The highest BCUT2D eigenvalue weighted by Crippen LogP contribution is 2.32. The van der Waals surface area contributed by atoms with Crippen LogP contribution in [0.4, 0.5) is 0 Å². The molecule has 1 aliphatic carbocycles. The molecule has 1 saturated carbocycles. The molecule has 2 rings (SSSR count). The first-order valence-electron chi connectivity index (χ1n) is 7.70. The Kier molecular flexibility index (Phi) is 6.72. The lowest BCUT2D eigenvalue weighted by molar-refractivity contribution is 0.400. The zero-order valence-corrected chi connectivity index (χ0v) is 12.8. The van der Waals surface area contributed by atoms with Crippen LogP contribution in [-0.2, 0) is 0 Å². The van der Waals surface area contributed by atoms with E-state index in [1.165, 1.54) is 49.8 Å². The van der Waals surface area contributed by atoms with Crippen molar-refractivity contribution in [2.24, 2.45) is 0 Å². The normalized spacial score (nSPS) is 24.7. The molecule has 0 bridgehead atoms. The van der Waals surface area contributed by atoms with Crippen LogP contribution in [0.1, 0.15) is 51.9 Å². The van der Waals surface area contributed by atoms with Crippen LogP contribution in [0.3, 0.4) is 0 Å². The SMILES string of the molecule is CCCNC1CCCCCCC1Sc1ccncc1. The number of thioether (sulfide) groups is 1. The van der Waals surface area contributed by atoms with Crippen molar-refractivity contribution >= 4 is 11.8 Å². The van der Waals surface area contributed by atoms with Gasteiger partial charge in [-0.25, -0.2) is 0 Å². The molecule has 0 aromatic carbocycles. The van der Waals surface area contributed by atoms with Gasteiger partial charge in [0.1, 0.15) is 0 Å². The average molecular weight is 278 g/mol. The molecule has 0 aliphatic heterocycles. The largest absolute Gasteiger partial charge is 0.313 e. The number of rotatable bonds is 5. The number of nitrogens with one attached hydrogen (secondary N) is 1. The Labute approximate surface area is 121 Å². The molecule has 2 unspecified atom stereocenters. The Morgan fingerprint density at radius 2 is 1.89 bits per heavy atom. The van der Waals surface area contributed by atoms with E-state index in [2.05, 4.69) is 29.4 Å². The summed E-state index contributed by atoms with van der Waals surface area (Å²) in [5, 5.41) is 4.49. The van der Waals surface area contributed by atoms with Gasteiger partial charge in [0, 0.05) is 28.6 Å². The maximum atomic E-state index is 4.11. The molecule has 3 heteroatoms. The zero-order valence-electron chi connectivity index (χ0n) is 12.0. The van der Waals surface area contributed by atoms with E-state index in [-0.39, 0.29) is 0 Å². The molecule has 1 heterocycles. The van der Waals surface area contributed by atoms with Crippen LogP contribution in [0.5, 0.6) is 0 Å². The smallest absolute Gasteiger partial charge is 0.0278 e. The Bertz CT molecular complexity index is 340. The van der Waals surface area contributed by atoms with Gasteiger partial charge >= 0.3 is 0 Å². The van der Waals surface area contributed by atoms with Gasteiger partial charge < -0.3 is 5.32 Å². The van der Waals surface area contributed by atoms with Crippen molar-refractivity contribution < 1.29 is 0 Å². The van der Waals surface area contributed by atoms with E-state index in [1.54, 1.807) is 0 Å². The molecule has 2 atom stereocenters. The molecule has 1 fully saturated rings. The molecule has 0 saturated heterocycles. The Morgan fingerprint density at radius 3 is 2.63 bits per heavy atom. The summed E-state index contributed by atoms with van der Waals surface area (Å²) in [5.74, 6) is 0. The summed E-state index contributed by atoms with van der Waals surface area (Å²) in [4.78, 5) is 5.48. The topological polar surface area (TPSA) is 24.9 Å². The van der Waals surface area contributed by atoms with E-state index in [1.807, 2.05) is 24.2 Å². The number of nitrogens with zero attached hydrogens (tertiary/aromatic N) is 1. The molecule has 0 spiro atoms. The van der Waals surface area contributed by atoms with Crippen molar-refractivity contribution in [3.63, 3.8) is 0 Å². The monoisotopic (exact) mass is 278 g/mol. The minimum absolute atomic E-state index is 0.679. The molecule has 0 radical (unpaired) electrons. The summed E-state index contributed by atoms with van der Waals surface area (Å²) in [6.07, 6.45) is 13.3. The number of hydrogen-bond donors (Lipinski definition) is 1. The van der Waals surface area contributed by atoms with Gasteiger partial charge in [0.25, 0.3) is 0 Å². The minimum Gasteiger partial charge on any atom is -0.313 e. The average Bonchev–Trinajstić information content (AvgIpc) is 2.43. The highest BCUT2D eigenvalue weighted by molar-refractivity contribution is 8.00. The van der Waals surface area contributed by atoms with E-state index >= 15 is 0 Å². The first kappa shape index (κ1) is 14.9.